The van der Waals surface area contributed by atoms with Crippen LogP contribution in [0.1, 0.15) is 39.1 Å². The van der Waals surface area contributed by atoms with Crippen LogP contribution in [0.5, 0.6) is 0 Å². The summed E-state index contributed by atoms with van der Waals surface area (Å²) in [6.07, 6.45) is 1.91. The summed E-state index contributed by atoms with van der Waals surface area (Å²) < 4.78 is 0. The van der Waals surface area contributed by atoms with Gasteiger partial charge in [-0.2, -0.15) is 0 Å². The highest BCUT2D eigenvalue weighted by Crippen LogP contribution is 2.12. The number of hydrogen-bond donors (Lipinski definition) is 0. The highest BCUT2D eigenvalue weighted by molar-refractivity contribution is 5.81. The second-order valence-electron chi connectivity index (χ2n) is 5.32. The van der Waals surface area contributed by atoms with E-state index < -0.39 is 0 Å². The average Bonchev–Trinajstić information content (AvgIpc) is 2.71. The van der Waals surface area contributed by atoms with Crippen molar-refractivity contribution in [3.63, 3.8) is 0 Å². The third kappa shape index (κ3) is 6.29. The van der Waals surface area contributed by atoms with Crippen LogP contribution in [0.2, 0.25) is 0 Å². The zero-order chi connectivity index (χ0) is 19.4. The second-order valence-corrected chi connectivity index (χ2v) is 5.32. The number of para-hydroxylation sites is 1. The van der Waals surface area contributed by atoms with E-state index in [1.54, 1.807) is 0 Å². The molecule has 0 N–H and O–H groups in total. The highest BCUT2D eigenvalue weighted by atomic mass is 14.7. The number of rotatable bonds is 0. The summed E-state index contributed by atoms with van der Waals surface area (Å²) in [6.45, 7) is 12.0. The third-order valence-corrected chi connectivity index (χ3v) is 3.51. The van der Waals surface area contributed by atoms with Gasteiger partial charge in [-0.25, -0.2) is 0 Å². The molecular formula is C24H30N2. The molecule has 2 heterocycles. The van der Waals surface area contributed by atoms with Gasteiger partial charge < -0.3 is 0 Å². The third-order valence-electron chi connectivity index (χ3n) is 3.51. The fraction of sp³-hybridized carbons (Fsp3) is 0.250. The van der Waals surface area contributed by atoms with Crippen LogP contribution < -0.4 is 0 Å². The number of pyridine rings is 2. The standard InChI is InChI=1S/2C10H9N.2C2H6/c1-8-6-9-4-2-3-5-10(9)7-11-8;1-8-6-7-9-4-2-3-5-10(9)11-8;2*1-2/h2*2-7H,1H3;2*1-2H3. The smallest absolute Gasteiger partial charge is 0.0705 e. The molecule has 26 heavy (non-hydrogen) atoms. The Morgan fingerprint density at radius 3 is 1.85 bits per heavy atom. The van der Waals surface area contributed by atoms with Crippen molar-refractivity contribution in [3.8, 4) is 0 Å². The van der Waals surface area contributed by atoms with Crippen LogP contribution in [0.4, 0.5) is 0 Å². The molecule has 0 saturated heterocycles. The van der Waals surface area contributed by atoms with Crippen molar-refractivity contribution in [1.82, 2.24) is 9.97 Å². The van der Waals surface area contributed by atoms with E-state index in [1.807, 2.05) is 84.1 Å². The van der Waals surface area contributed by atoms with Crippen molar-refractivity contribution in [1.29, 1.82) is 0 Å². The Hall–Kier alpha value is -2.74. The topological polar surface area (TPSA) is 25.8 Å². The predicted molar refractivity (Wildman–Crippen MR) is 116 cm³/mol. The lowest BCUT2D eigenvalue weighted by Gasteiger charge is -1.96. The summed E-state index contributed by atoms with van der Waals surface area (Å²) in [5, 5.41) is 3.68. The van der Waals surface area contributed by atoms with E-state index >= 15 is 0 Å². The SMILES string of the molecule is CC.CC.Cc1cc2ccccc2cn1.Cc1ccc2ccccc2n1. The largest absolute Gasteiger partial charge is 0.261 e. The van der Waals surface area contributed by atoms with E-state index in [9.17, 15) is 0 Å². The minimum atomic E-state index is 1.07. The van der Waals surface area contributed by atoms with Gasteiger partial charge in [0.05, 0.1) is 5.52 Å². The molecule has 0 bridgehead atoms. The van der Waals surface area contributed by atoms with Gasteiger partial charge in [0.25, 0.3) is 0 Å². The van der Waals surface area contributed by atoms with Crippen molar-refractivity contribution in [3.05, 3.63) is 84.3 Å². The molecule has 0 atom stereocenters. The number of benzene rings is 2. The molecule has 4 rings (SSSR count). The van der Waals surface area contributed by atoms with Crippen LogP contribution in [0.15, 0.2) is 72.9 Å². The van der Waals surface area contributed by atoms with E-state index in [-0.39, 0.29) is 0 Å². The number of fused-ring (bicyclic) bond motifs is 2. The molecule has 0 spiro atoms. The van der Waals surface area contributed by atoms with Crippen LogP contribution in [-0.2, 0) is 0 Å². The van der Waals surface area contributed by atoms with Gasteiger partial charge in [-0.1, -0.05) is 76.2 Å². The van der Waals surface area contributed by atoms with Crippen molar-refractivity contribution < 1.29 is 0 Å². The van der Waals surface area contributed by atoms with E-state index in [1.165, 1.54) is 16.2 Å². The molecule has 0 saturated carbocycles. The summed E-state index contributed by atoms with van der Waals surface area (Å²) >= 11 is 0. The number of aromatic nitrogens is 2. The molecule has 2 heteroatoms. The maximum absolute atomic E-state index is 4.38. The van der Waals surface area contributed by atoms with Gasteiger partial charge in [0.1, 0.15) is 0 Å². The molecule has 0 unspecified atom stereocenters. The maximum Gasteiger partial charge on any atom is 0.0705 e. The first-order valence-electron chi connectivity index (χ1n) is 9.36. The highest BCUT2D eigenvalue weighted by Gasteiger charge is 1.91. The summed E-state index contributed by atoms with van der Waals surface area (Å²) in [5.74, 6) is 0. The minimum Gasteiger partial charge on any atom is -0.261 e. The van der Waals surface area contributed by atoms with Gasteiger partial charge in [-0.15, -0.1) is 0 Å². The van der Waals surface area contributed by atoms with E-state index in [2.05, 4.69) is 40.3 Å². The van der Waals surface area contributed by atoms with E-state index in [0.29, 0.717) is 0 Å². The molecule has 0 aliphatic rings. The fourth-order valence-electron chi connectivity index (χ4n) is 2.36. The Morgan fingerprint density at radius 1 is 0.577 bits per heavy atom. The number of aryl methyl sites for hydroxylation is 2. The Bertz CT molecular complexity index is 836. The summed E-state index contributed by atoms with van der Waals surface area (Å²) in [6, 6.07) is 22.6. The molecule has 136 valence electrons. The van der Waals surface area contributed by atoms with E-state index in [4.69, 9.17) is 0 Å². The van der Waals surface area contributed by atoms with Crippen LogP contribution in [0.3, 0.4) is 0 Å². The Labute approximate surface area is 157 Å². The molecule has 2 nitrogen and oxygen atoms in total. The van der Waals surface area contributed by atoms with Gasteiger partial charge in [0.2, 0.25) is 0 Å². The lowest BCUT2D eigenvalue weighted by atomic mass is 10.1. The molecule has 0 aliphatic carbocycles. The first-order chi connectivity index (χ1) is 12.7. The lowest BCUT2D eigenvalue weighted by Crippen LogP contribution is -1.80. The minimum absolute atomic E-state index is 1.07. The Morgan fingerprint density at radius 2 is 1.15 bits per heavy atom. The maximum atomic E-state index is 4.38. The number of nitrogens with zero attached hydrogens (tertiary/aromatic N) is 2. The fourth-order valence-corrected chi connectivity index (χ4v) is 2.36. The van der Waals surface area contributed by atoms with Crippen LogP contribution in [0, 0.1) is 13.8 Å². The summed E-state index contributed by atoms with van der Waals surface area (Å²) in [5.41, 5.74) is 3.22. The molecule has 0 amide bonds. The van der Waals surface area contributed by atoms with Crippen molar-refractivity contribution in [2.24, 2.45) is 0 Å². The molecule has 2 aromatic heterocycles. The molecule has 4 aromatic rings. The van der Waals surface area contributed by atoms with Crippen molar-refractivity contribution in [2.75, 3.05) is 0 Å². The summed E-state index contributed by atoms with van der Waals surface area (Å²) in [7, 11) is 0. The average molecular weight is 347 g/mol. The normalized spacial score (nSPS) is 9.15. The monoisotopic (exact) mass is 346 g/mol. The van der Waals surface area contributed by atoms with Gasteiger partial charge >= 0.3 is 0 Å². The van der Waals surface area contributed by atoms with Crippen molar-refractivity contribution >= 4 is 21.7 Å². The van der Waals surface area contributed by atoms with Crippen LogP contribution in [-0.4, -0.2) is 9.97 Å². The first-order valence-corrected chi connectivity index (χ1v) is 9.36. The van der Waals surface area contributed by atoms with Gasteiger partial charge in [-0.05, 0) is 37.4 Å². The molecule has 0 radical (unpaired) electrons. The van der Waals surface area contributed by atoms with Gasteiger partial charge in [-0.3, -0.25) is 9.97 Å². The molecular weight excluding hydrogens is 316 g/mol. The first kappa shape index (κ1) is 21.3. The van der Waals surface area contributed by atoms with Gasteiger partial charge in [0.15, 0.2) is 0 Å². The number of hydrogen-bond acceptors (Lipinski definition) is 2. The zero-order valence-corrected chi connectivity index (χ0v) is 16.8. The zero-order valence-electron chi connectivity index (χ0n) is 16.8. The van der Waals surface area contributed by atoms with Crippen LogP contribution in [0.25, 0.3) is 21.7 Å². The van der Waals surface area contributed by atoms with E-state index in [0.717, 1.165) is 16.9 Å². The molecule has 0 fully saturated rings. The predicted octanol–water partition coefficient (Wildman–Crippen LogP) is 7.14. The molecule has 0 aliphatic heterocycles. The molecule has 2 aromatic carbocycles. The Kier molecular flexibility index (Phi) is 9.63. The second kappa shape index (κ2) is 11.8. The Balaban J connectivity index is 0.000000219. The summed E-state index contributed by atoms with van der Waals surface area (Å²) in [4.78, 5) is 8.58. The quantitative estimate of drug-likeness (QED) is 0.338. The lowest BCUT2D eigenvalue weighted by molar-refractivity contribution is 1.22. The van der Waals surface area contributed by atoms with Gasteiger partial charge in [0, 0.05) is 28.4 Å². The van der Waals surface area contributed by atoms with Crippen molar-refractivity contribution in [2.45, 2.75) is 41.5 Å². The van der Waals surface area contributed by atoms with Crippen LogP contribution >= 0.6 is 0 Å².